The van der Waals surface area contributed by atoms with Crippen LogP contribution in [-0.2, 0) is 6.54 Å². The second-order valence-electron chi connectivity index (χ2n) is 2.92. The number of rotatable bonds is 6. The number of terminal acetylenes is 1. The van der Waals surface area contributed by atoms with Gasteiger partial charge in [-0.2, -0.15) is 0 Å². The van der Waals surface area contributed by atoms with Crippen LogP contribution in [-0.4, -0.2) is 24.6 Å². The van der Waals surface area contributed by atoms with Gasteiger partial charge in [0.1, 0.15) is 0 Å². The molecule has 0 amide bonds. The largest absolute Gasteiger partial charge is 0.310 e. The lowest BCUT2D eigenvalue weighted by atomic mass is 10.4. The van der Waals surface area contributed by atoms with Crippen molar-refractivity contribution in [3.05, 3.63) is 16.1 Å². The molecule has 0 aliphatic carbocycles. The van der Waals surface area contributed by atoms with Crippen molar-refractivity contribution in [3.8, 4) is 12.3 Å². The van der Waals surface area contributed by atoms with Crippen LogP contribution >= 0.6 is 11.3 Å². The van der Waals surface area contributed by atoms with Crippen molar-refractivity contribution in [2.75, 3.05) is 19.6 Å². The van der Waals surface area contributed by atoms with Crippen molar-refractivity contribution >= 4 is 11.3 Å². The zero-order valence-electron chi connectivity index (χ0n) is 8.34. The third-order valence-corrected chi connectivity index (χ3v) is 2.50. The first-order valence-electron chi connectivity index (χ1n) is 4.59. The van der Waals surface area contributed by atoms with Gasteiger partial charge in [-0.15, -0.1) is 17.8 Å². The van der Waals surface area contributed by atoms with Crippen molar-refractivity contribution in [2.24, 2.45) is 0 Å². The van der Waals surface area contributed by atoms with Gasteiger partial charge in [-0.25, -0.2) is 4.98 Å². The van der Waals surface area contributed by atoms with E-state index in [1.807, 2.05) is 6.92 Å². The summed E-state index contributed by atoms with van der Waals surface area (Å²) >= 11 is 1.68. The number of nitrogens with zero attached hydrogens (tertiary/aromatic N) is 1. The fourth-order valence-corrected chi connectivity index (χ4v) is 1.66. The lowest BCUT2D eigenvalue weighted by Gasteiger charge is -2.02. The quantitative estimate of drug-likeness (QED) is 0.536. The van der Waals surface area contributed by atoms with Gasteiger partial charge in [0, 0.05) is 25.0 Å². The summed E-state index contributed by atoms with van der Waals surface area (Å²) in [6.07, 6.45) is 5.10. The Hall–Kier alpha value is -0.890. The molecule has 0 atom stereocenters. The standard InChI is InChI=1S/C10H15N3S/c1-3-4-11-5-6-12-7-10-8-14-9(2)13-10/h1,8,11-12H,4-7H2,2H3. The third kappa shape index (κ3) is 4.38. The van der Waals surface area contributed by atoms with Gasteiger partial charge in [0.15, 0.2) is 0 Å². The molecule has 0 saturated heterocycles. The minimum atomic E-state index is 0.636. The Kier molecular flexibility index (Phi) is 5.23. The molecule has 0 radical (unpaired) electrons. The fourth-order valence-electron chi connectivity index (χ4n) is 1.04. The van der Waals surface area contributed by atoms with Crippen LogP contribution in [0.25, 0.3) is 0 Å². The molecule has 1 aromatic heterocycles. The summed E-state index contributed by atoms with van der Waals surface area (Å²) in [6.45, 7) is 5.30. The summed E-state index contributed by atoms with van der Waals surface area (Å²) in [5.74, 6) is 2.53. The van der Waals surface area contributed by atoms with E-state index in [2.05, 4.69) is 26.9 Å². The molecular weight excluding hydrogens is 194 g/mol. The normalized spacial score (nSPS) is 10.0. The van der Waals surface area contributed by atoms with E-state index in [4.69, 9.17) is 6.42 Å². The number of aromatic nitrogens is 1. The van der Waals surface area contributed by atoms with Crippen LogP contribution in [0.2, 0.25) is 0 Å². The molecule has 1 heterocycles. The third-order valence-electron chi connectivity index (χ3n) is 1.68. The van der Waals surface area contributed by atoms with E-state index in [0.29, 0.717) is 6.54 Å². The molecule has 14 heavy (non-hydrogen) atoms. The summed E-state index contributed by atoms with van der Waals surface area (Å²) in [6, 6.07) is 0. The zero-order valence-corrected chi connectivity index (χ0v) is 9.16. The van der Waals surface area contributed by atoms with Crippen LogP contribution in [0.4, 0.5) is 0 Å². The molecule has 0 bridgehead atoms. The molecule has 0 spiro atoms. The lowest BCUT2D eigenvalue weighted by Crippen LogP contribution is -2.27. The van der Waals surface area contributed by atoms with Crippen LogP contribution in [0.1, 0.15) is 10.7 Å². The monoisotopic (exact) mass is 209 g/mol. The van der Waals surface area contributed by atoms with E-state index in [1.54, 1.807) is 11.3 Å². The Balaban J connectivity index is 2.02. The summed E-state index contributed by atoms with van der Waals surface area (Å²) in [5, 5.41) is 9.60. The van der Waals surface area contributed by atoms with Crippen molar-refractivity contribution in [2.45, 2.75) is 13.5 Å². The fraction of sp³-hybridized carbons (Fsp3) is 0.500. The average Bonchev–Trinajstić information content (AvgIpc) is 2.58. The second-order valence-corrected chi connectivity index (χ2v) is 3.98. The summed E-state index contributed by atoms with van der Waals surface area (Å²) in [4.78, 5) is 4.35. The van der Waals surface area contributed by atoms with Gasteiger partial charge >= 0.3 is 0 Å². The Bertz CT molecular complexity index is 301. The zero-order chi connectivity index (χ0) is 10.2. The SMILES string of the molecule is C#CCNCCNCc1csc(C)n1. The van der Waals surface area contributed by atoms with Gasteiger partial charge in [0.25, 0.3) is 0 Å². The van der Waals surface area contributed by atoms with Gasteiger partial charge in [0.05, 0.1) is 17.2 Å². The minimum absolute atomic E-state index is 0.636. The highest BCUT2D eigenvalue weighted by molar-refractivity contribution is 7.09. The Labute approximate surface area is 88.9 Å². The maximum atomic E-state index is 5.10. The first kappa shape index (κ1) is 11.2. The Morgan fingerprint density at radius 3 is 2.93 bits per heavy atom. The predicted octanol–water partition coefficient (Wildman–Crippen LogP) is 0.764. The molecule has 3 nitrogen and oxygen atoms in total. The van der Waals surface area contributed by atoms with E-state index in [9.17, 15) is 0 Å². The van der Waals surface area contributed by atoms with Crippen molar-refractivity contribution in [1.82, 2.24) is 15.6 Å². The highest BCUT2D eigenvalue weighted by Crippen LogP contribution is 2.06. The number of aryl methyl sites for hydroxylation is 1. The molecule has 2 N–H and O–H groups in total. The average molecular weight is 209 g/mol. The first-order valence-corrected chi connectivity index (χ1v) is 5.47. The first-order chi connectivity index (χ1) is 6.83. The number of thiazole rings is 1. The topological polar surface area (TPSA) is 37.0 Å². The summed E-state index contributed by atoms with van der Waals surface area (Å²) < 4.78 is 0. The Morgan fingerprint density at radius 1 is 1.50 bits per heavy atom. The molecule has 1 rings (SSSR count). The molecule has 1 aromatic rings. The number of nitrogens with one attached hydrogen (secondary N) is 2. The van der Waals surface area contributed by atoms with E-state index in [0.717, 1.165) is 30.3 Å². The predicted molar refractivity (Wildman–Crippen MR) is 60.3 cm³/mol. The summed E-state index contributed by atoms with van der Waals surface area (Å²) in [5.41, 5.74) is 1.12. The van der Waals surface area contributed by atoms with Crippen LogP contribution < -0.4 is 10.6 Å². The molecular formula is C10H15N3S. The Morgan fingerprint density at radius 2 is 2.29 bits per heavy atom. The molecule has 0 aliphatic rings. The highest BCUT2D eigenvalue weighted by atomic mass is 32.1. The van der Waals surface area contributed by atoms with E-state index in [-0.39, 0.29) is 0 Å². The molecule has 0 unspecified atom stereocenters. The summed E-state index contributed by atoms with van der Waals surface area (Å²) in [7, 11) is 0. The molecule has 0 saturated carbocycles. The van der Waals surface area contributed by atoms with Crippen molar-refractivity contribution in [1.29, 1.82) is 0 Å². The van der Waals surface area contributed by atoms with Crippen LogP contribution in [0.3, 0.4) is 0 Å². The van der Waals surface area contributed by atoms with E-state index >= 15 is 0 Å². The van der Waals surface area contributed by atoms with Crippen molar-refractivity contribution in [3.63, 3.8) is 0 Å². The molecule has 76 valence electrons. The van der Waals surface area contributed by atoms with Gasteiger partial charge < -0.3 is 10.6 Å². The van der Waals surface area contributed by atoms with Gasteiger partial charge in [-0.05, 0) is 6.92 Å². The second kappa shape index (κ2) is 6.55. The smallest absolute Gasteiger partial charge is 0.0897 e. The maximum Gasteiger partial charge on any atom is 0.0897 e. The van der Waals surface area contributed by atoms with Crippen LogP contribution in [0, 0.1) is 19.3 Å². The molecule has 0 fully saturated rings. The van der Waals surface area contributed by atoms with Gasteiger partial charge in [-0.3, -0.25) is 0 Å². The van der Waals surface area contributed by atoms with Gasteiger partial charge in [0.2, 0.25) is 0 Å². The van der Waals surface area contributed by atoms with Crippen molar-refractivity contribution < 1.29 is 0 Å². The molecule has 4 heteroatoms. The van der Waals surface area contributed by atoms with Crippen LogP contribution in [0.15, 0.2) is 5.38 Å². The maximum absolute atomic E-state index is 5.10. The lowest BCUT2D eigenvalue weighted by molar-refractivity contribution is 0.632. The highest BCUT2D eigenvalue weighted by Gasteiger charge is 1.96. The number of hydrogen-bond donors (Lipinski definition) is 2. The van der Waals surface area contributed by atoms with E-state index < -0.39 is 0 Å². The van der Waals surface area contributed by atoms with Gasteiger partial charge in [-0.1, -0.05) is 5.92 Å². The molecule has 0 aromatic carbocycles. The van der Waals surface area contributed by atoms with E-state index in [1.165, 1.54) is 0 Å². The minimum Gasteiger partial charge on any atom is -0.310 e. The number of hydrogen-bond acceptors (Lipinski definition) is 4. The molecule has 0 aliphatic heterocycles. The van der Waals surface area contributed by atoms with Crippen LogP contribution in [0.5, 0.6) is 0 Å².